The number of fused-ring (bicyclic) bond motifs is 6. The average Bonchev–Trinajstić information content (AvgIpc) is 2.96. The fourth-order valence-electron chi connectivity index (χ4n) is 5.34. The molecule has 0 saturated heterocycles. The molecule has 0 aliphatic heterocycles. The Hall–Kier alpha value is -4.63. The largest absolute Gasteiger partial charge is 0.254 e. The van der Waals surface area contributed by atoms with E-state index in [-0.39, 0.29) is 0 Å². The Morgan fingerprint density at radius 1 is 0.556 bits per heavy atom. The summed E-state index contributed by atoms with van der Waals surface area (Å²) in [6.45, 7) is 2.17. The third kappa shape index (κ3) is 3.24. The SMILES string of the molecule is CCc1cc(-c2cc3cccnc3c3ncccc23)cc(-c2cc3ccccc3c3ccccc23)n1. The second-order valence-corrected chi connectivity index (χ2v) is 9.18. The summed E-state index contributed by atoms with van der Waals surface area (Å²) in [6, 6.07) is 34.5. The third-order valence-corrected chi connectivity index (χ3v) is 7.06. The van der Waals surface area contributed by atoms with E-state index < -0.39 is 0 Å². The molecule has 0 saturated carbocycles. The zero-order chi connectivity index (χ0) is 24.1. The van der Waals surface area contributed by atoms with Crippen LogP contribution in [0, 0.1) is 0 Å². The van der Waals surface area contributed by atoms with Gasteiger partial charge in [0.25, 0.3) is 0 Å². The van der Waals surface area contributed by atoms with Crippen molar-refractivity contribution in [2.45, 2.75) is 13.3 Å². The molecule has 0 fully saturated rings. The van der Waals surface area contributed by atoms with E-state index in [9.17, 15) is 0 Å². The van der Waals surface area contributed by atoms with Gasteiger partial charge in [-0.15, -0.1) is 0 Å². The Bertz CT molecular complexity index is 1800. The predicted octanol–water partition coefficient (Wildman–Crippen LogP) is 8.38. The lowest BCUT2D eigenvalue weighted by Crippen LogP contribution is -1.95. The van der Waals surface area contributed by atoms with Gasteiger partial charge in [0.05, 0.1) is 16.7 Å². The van der Waals surface area contributed by atoms with E-state index in [4.69, 9.17) is 9.97 Å². The van der Waals surface area contributed by atoms with Gasteiger partial charge in [-0.2, -0.15) is 0 Å². The van der Waals surface area contributed by atoms with Gasteiger partial charge >= 0.3 is 0 Å². The van der Waals surface area contributed by atoms with Crippen LogP contribution in [0.4, 0.5) is 0 Å². The number of pyridine rings is 3. The molecule has 0 bridgehead atoms. The van der Waals surface area contributed by atoms with E-state index in [0.29, 0.717) is 0 Å². The van der Waals surface area contributed by atoms with E-state index in [1.807, 2.05) is 24.5 Å². The molecule has 4 aromatic carbocycles. The molecule has 0 amide bonds. The lowest BCUT2D eigenvalue weighted by atomic mass is 9.93. The number of hydrogen-bond donors (Lipinski definition) is 0. The molecule has 0 atom stereocenters. The van der Waals surface area contributed by atoms with Crippen LogP contribution in [-0.4, -0.2) is 15.0 Å². The molecule has 7 aromatic rings. The molecule has 0 N–H and O–H groups in total. The maximum Gasteiger partial charge on any atom is 0.0970 e. The van der Waals surface area contributed by atoms with Crippen molar-refractivity contribution in [3.8, 4) is 22.4 Å². The summed E-state index contributed by atoms with van der Waals surface area (Å²) >= 11 is 0. The topological polar surface area (TPSA) is 38.7 Å². The standard InChI is InChI=1S/C33H23N3/c1-2-24-17-23(29-19-22-10-7-15-34-32(22)33-28(29)14-8-16-35-33)20-31(36-24)30-18-21-9-3-4-11-25(21)26-12-5-6-13-27(26)30/h3-20H,2H2,1H3. The molecule has 7 rings (SSSR count). The van der Waals surface area contributed by atoms with Crippen LogP contribution in [0.2, 0.25) is 0 Å². The van der Waals surface area contributed by atoms with Gasteiger partial charge in [-0.05, 0) is 75.5 Å². The maximum absolute atomic E-state index is 5.12. The molecular weight excluding hydrogens is 438 g/mol. The number of aryl methyl sites for hydroxylation is 1. The van der Waals surface area contributed by atoms with Gasteiger partial charge in [-0.1, -0.05) is 67.6 Å². The van der Waals surface area contributed by atoms with E-state index >= 15 is 0 Å². The van der Waals surface area contributed by atoms with Crippen LogP contribution >= 0.6 is 0 Å². The molecule has 3 nitrogen and oxygen atoms in total. The molecule has 170 valence electrons. The Balaban J connectivity index is 1.55. The molecule has 0 aliphatic rings. The molecule has 0 radical (unpaired) electrons. The predicted molar refractivity (Wildman–Crippen MR) is 150 cm³/mol. The molecule has 3 heterocycles. The van der Waals surface area contributed by atoms with Gasteiger partial charge in [0, 0.05) is 34.4 Å². The first-order valence-electron chi connectivity index (χ1n) is 12.3. The summed E-state index contributed by atoms with van der Waals surface area (Å²) in [5.74, 6) is 0. The molecule has 0 spiro atoms. The van der Waals surface area contributed by atoms with Gasteiger partial charge in [-0.3, -0.25) is 15.0 Å². The zero-order valence-corrected chi connectivity index (χ0v) is 19.9. The summed E-state index contributed by atoms with van der Waals surface area (Å²) in [7, 11) is 0. The van der Waals surface area contributed by atoms with E-state index in [1.165, 1.54) is 21.5 Å². The highest BCUT2D eigenvalue weighted by molar-refractivity contribution is 6.14. The van der Waals surface area contributed by atoms with Gasteiger partial charge in [-0.25, -0.2) is 0 Å². The minimum Gasteiger partial charge on any atom is -0.254 e. The van der Waals surface area contributed by atoms with Crippen LogP contribution in [0.3, 0.4) is 0 Å². The van der Waals surface area contributed by atoms with Crippen molar-refractivity contribution in [2.75, 3.05) is 0 Å². The smallest absolute Gasteiger partial charge is 0.0970 e. The van der Waals surface area contributed by atoms with Crippen molar-refractivity contribution >= 4 is 43.4 Å². The third-order valence-electron chi connectivity index (χ3n) is 7.06. The van der Waals surface area contributed by atoms with Gasteiger partial charge in [0.1, 0.15) is 0 Å². The Morgan fingerprint density at radius 3 is 2.08 bits per heavy atom. The van der Waals surface area contributed by atoms with Gasteiger partial charge < -0.3 is 0 Å². The molecule has 36 heavy (non-hydrogen) atoms. The highest BCUT2D eigenvalue weighted by atomic mass is 14.7. The summed E-state index contributed by atoms with van der Waals surface area (Å²) in [4.78, 5) is 14.5. The highest BCUT2D eigenvalue weighted by Crippen LogP contribution is 2.38. The first-order valence-corrected chi connectivity index (χ1v) is 12.3. The number of hydrogen-bond acceptors (Lipinski definition) is 3. The normalized spacial score (nSPS) is 11.6. The number of rotatable bonds is 3. The summed E-state index contributed by atoms with van der Waals surface area (Å²) < 4.78 is 0. The van der Waals surface area contributed by atoms with Crippen molar-refractivity contribution in [2.24, 2.45) is 0 Å². The maximum atomic E-state index is 5.12. The number of aromatic nitrogens is 3. The Kier molecular flexibility index (Phi) is 4.74. The quantitative estimate of drug-likeness (QED) is 0.248. The van der Waals surface area contributed by atoms with Gasteiger partial charge in [0.2, 0.25) is 0 Å². The monoisotopic (exact) mass is 461 g/mol. The van der Waals surface area contributed by atoms with Crippen LogP contribution in [0.5, 0.6) is 0 Å². The fraction of sp³-hybridized carbons (Fsp3) is 0.0606. The van der Waals surface area contributed by atoms with E-state index in [2.05, 4.69) is 96.8 Å². The number of benzene rings is 4. The van der Waals surface area contributed by atoms with E-state index in [0.717, 1.165) is 56.3 Å². The summed E-state index contributed by atoms with van der Waals surface area (Å²) in [5, 5.41) is 7.16. The summed E-state index contributed by atoms with van der Waals surface area (Å²) in [5.41, 5.74) is 7.39. The first kappa shape index (κ1) is 20.7. The van der Waals surface area contributed by atoms with Crippen molar-refractivity contribution in [3.05, 3.63) is 115 Å². The van der Waals surface area contributed by atoms with Crippen molar-refractivity contribution in [1.29, 1.82) is 0 Å². The first-order chi connectivity index (χ1) is 17.8. The second kappa shape index (κ2) is 8.24. The van der Waals surface area contributed by atoms with Crippen LogP contribution in [0.25, 0.3) is 65.7 Å². The van der Waals surface area contributed by atoms with Crippen molar-refractivity contribution < 1.29 is 0 Å². The molecule has 3 heteroatoms. The molecule has 0 unspecified atom stereocenters. The Labute approximate surface area is 209 Å². The Morgan fingerprint density at radius 2 is 1.22 bits per heavy atom. The van der Waals surface area contributed by atoms with Gasteiger partial charge in [0.15, 0.2) is 0 Å². The minimum absolute atomic E-state index is 0.859. The zero-order valence-electron chi connectivity index (χ0n) is 19.9. The lowest BCUT2D eigenvalue weighted by Gasteiger charge is -2.15. The fourth-order valence-corrected chi connectivity index (χ4v) is 5.34. The van der Waals surface area contributed by atoms with Crippen LogP contribution < -0.4 is 0 Å². The summed E-state index contributed by atoms with van der Waals surface area (Å²) in [6.07, 6.45) is 4.54. The average molecular weight is 462 g/mol. The second-order valence-electron chi connectivity index (χ2n) is 9.18. The lowest BCUT2D eigenvalue weighted by molar-refractivity contribution is 1.04. The minimum atomic E-state index is 0.859. The van der Waals surface area contributed by atoms with Crippen molar-refractivity contribution in [1.82, 2.24) is 15.0 Å². The molecular formula is C33H23N3. The van der Waals surface area contributed by atoms with Crippen LogP contribution in [0.1, 0.15) is 12.6 Å². The highest BCUT2D eigenvalue weighted by Gasteiger charge is 2.15. The van der Waals surface area contributed by atoms with Crippen LogP contribution in [0.15, 0.2) is 109 Å². The van der Waals surface area contributed by atoms with Crippen molar-refractivity contribution in [3.63, 3.8) is 0 Å². The number of nitrogens with zero attached hydrogens (tertiary/aromatic N) is 3. The van der Waals surface area contributed by atoms with E-state index in [1.54, 1.807) is 0 Å². The molecule has 0 aliphatic carbocycles. The molecule has 3 aromatic heterocycles. The van der Waals surface area contributed by atoms with Crippen LogP contribution in [-0.2, 0) is 6.42 Å².